The van der Waals surface area contributed by atoms with Crippen molar-refractivity contribution in [3.05, 3.63) is 65.4 Å². The van der Waals surface area contributed by atoms with E-state index in [1.807, 2.05) is 13.8 Å². The van der Waals surface area contributed by atoms with Crippen LogP contribution in [0.15, 0.2) is 54.2 Å². The summed E-state index contributed by atoms with van der Waals surface area (Å²) >= 11 is 0. The van der Waals surface area contributed by atoms with Crippen LogP contribution < -0.4 is 20.5 Å². The molecule has 2 rings (SSSR count). The Balaban J connectivity index is 2.06. The number of benzene rings is 2. The summed E-state index contributed by atoms with van der Waals surface area (Å²) < 4.78 is 11.2. The Morgan fingerprint density at radius 3 is 2.21 bits per heavy atom. The summed E-state index contributed by atoms with van der Waals surface area (Å²) in [6.07, 6.45) is 3.62. The van der Waals surface area contributed by atoms with Gasteiger partial charge in [0.2, 0.25) is 0 Å². The fraction of sp³-hybridized carbons (Fsp3) is 0.304. The number of unbranched alkanes of at least 4 members (excludes halogenated alkanes) is 1. The lowest BCUT2D eigenvalue weighted by Gasteiger charge is -2.10. The highest BCUT2D eigenvalue weighted by Crippen LogP contribution is 2.16. The van der Waals surface area contributed by atoms with Gasteiger partial charge in [-0.25, -0.2) is 0 Å². The van der Waals surface area contributed by atoms with E-state index in [2.05, 4.69) is 12.2 Å². The van der Waals surface area contributed by atoms with Crippen molar-refractivity contribution in [2.45, 2.75) is 39.7 Å². The van der Waals surface area contributed by atoms with Gasteiger partial charge in [-0.1, -0.05) is 25.5 Å². The van der Waals surface area contributed by atoms with Crippen LogP contribution in [0.3, 0.4) is 0 Å². The zero-order valence-electron chi connectivity index (χ0n) is 17.1. The monoisotopic (exact) mass is 396 g/mol. The van der Waals surface area contributed by atoms with Crippen molar-refractivity contribution < 1.29 is 19.1 Å². The third kappa shape index (κ3) is 7.33. The molecule has 0 saturated carbocycles. The lowest BCUT2D eigenvalue weighted by molar-refractivity contribution is -0.114. The highest BCUT2D eigenvalue weighted by molar-refractivity contribution is 6.04. The standard InChI is InChI=1S/C23H28N2O4/c1-4-5-14-28-19-12-8-18(9-13-19)23(27)25-21(22(24)26)15-17-6-10-20(11-7-17)29-16(2)3/h6-13,15-16H,4-5,14H2,1-3H3,(H2,24,26)(H,25,27). The molecule has 0 unspecified atom stereocenters. The Labute approximate surface area is 171 Å². The number of hydrogen-bond acceptors (Lipinski definition) is 4. The van der Waals surface area contributed by atoms with E-state index >= 15 is 0 Å². The van der Waals surface area contributed by atoms with E-state index < -0.39 is 11.8 Å². The van der Waals surface area contributed by atoms with Crippen molar-refractivity contribution in [2.75, 3.05) is 6.61 Å². The molecule has 154 valence electrons. The molecule has 2 aromatic carbocycles. The van der Waals surface area contributed by atoms with Gasteiger partial charge >= 0.3 is 0 Å². The Morgan fingerprint density at radius 1 is 1.03 bits per heavy atom. The molecule has 0 aliphatic rings. The van der Waals surface area contributed by atoms with Crippen LogP contribution in [0.4, 0.5) is 0 Å². The first-order valence-electron chi connectivity index (χ1n) is 9.71. The van der Waals surface area contributed by atoms with Crippen LogP contribution in [0.1, 0.15) is 49.5 Å². The maximum atomic E-state index is 12.5. The molecule has 6 nitrogen and oxygen atoms in total. The van der Waals surface area contributed by atoms with E-state index in [1.165, 1.54) is 6.08 Å². The number of rotatable bonds is 10. The lowest BCUT2D eigenvalue weighted by atomic mass is 10.1. The number of carbonyl (C=O) groups excluding carboxylic acids is 2. The topological polar surface area (TPSA) is 90.7 Å². The third-order valence-corrected chi connectivity index (χ3v) is 3.96. The van der Waals surface area contributed by atoms with Crippen LogP contribution >= 0.6 is 0 Å². The van der Waals surface area contributed by atoms with Crippen LogP contribution in [-0.2, 0) is 4.79 Å². The van der Waals surface area contributed by atoms with E-state index in [1.54, 1.807) is 48.5 Å². The van der Waals surface area contributed by atoms with Crippen molar-refractivity contribution in [1.82, 2.24) is 5.32 Å². The van der Waals surface area contributed by atoms with E-state index in [4.69, 9.17) is 15.2 Å². The molecule has 0 aliphatic carbocycles. The second-order valence-electron chi connectivity index (χ2n) is 6.84. The van der Waals surface area contributed by atoms with Gasteiger partial charge in [0.1, 0.15) is 17.2 Å². The normalized spacial score (nSPS) is 11.2. The molecule has 29 heavy (non-hydrogen) atoms. The molecule has 6 heteroatoms. The number of hydrogen-bond donors (Lipinski definition) is 2. The molecule has 0 spiro atoms. The van der Waals surface area contributed by atoms with Crippen molar-refractivity contribution in [2.24, 2.45) is 5.73 Å². The number of ether oxygens (including phenoxy) is 2. The van der Waals surface area contributed by atoms with Crippen LogP contribution in [0.2, 0.25) is 0 Å². The van der Waals surface area contributed by atoms with Gasteiger partial charge in [-0.3, -0.25) is 9.59 Å². The summed E-state index contributed by atoms with van der Waals surface area (Å²) in [4.78, 5) is 24.3. The minimum absolute atomic E-state index is 0.0100. The Morgan fingerprint density at radius 2 is 1.66 bits per heavy atom. The quantitative estimate of drug-likeness (QED) is 0.471. The Kier molecular flexibility index (Phi) is 8.27. The average Bonchev–Trinajstić information content (AvgIpc) is 2.69. The smallest absolute Gasteiger partial charge is 0.265 e. The molecule has 0 aromatic heterocycles. The maximum Gasteiger partial charge on any atom is 0.265 e. The molecular weight excluding hydrogens is 368 g/mol. The number of nitrogens with one attached hydrogen (secondary N) is 1. The van der Waals surface area contributed by atoms with Gasteiger partial charge in [0.15, 0.2) is 0 Å². The van der Waals surface area contributed by atoms with Crippen molar-refractivity contribution in [3.8, 4) is 11.5 Å². The molecule has 0 bridgehead atoms. The predicted octanol–water partition coefficient (Wildman–Crippen LogP) is 3.91. The van der Waals surface area contributed by atoms with Crippen LogP contribution in [0.25, 0.3) is 6.08 Å². The highest BCUT2D eigenvalue weighted by Gasteiger charge is 2.12. The molecule has 3 N–H and O–H groups in total. The zero-order valence-corrected chi connectivity index (χ0v) is 17.1. The van der Waals surface area contributed by atoms with Crippen LogP contribution in [0.5, 0.6) is 11.5 Å². The maximum absolute atomic E-state index is 12.5. The van der Waals surface area contributed by atoms with Gasteiger partial charge in [0.05, 0.1) is 12.7 Å². The summed E-state index contributed by atoms with van der Waals surface area (Å²) in [5, 5.41) is 2.58. The fourth-order valence-electron chi connectivity index (χ4n) is 2.48. The number of nitrogens with two attached hydrogens (primary N) is 1. The van der Waals surface area contributed by atoms with Crippen LogP contribution in [0, 0.1) is 0 Å². The molecule has 2 aromatic rings. The molecular formula is C23H28N2O4. The molecule has 0 atom stereocenters. The van der Waals surface area contributed by atoms with Gasteiger partial charge in [-0.2, -0.15) is 0 Å². The van der Waals surface area contributed by atoms with Crippen molar-refractivity contribution in [3.63, 3.8) is 0 Å². The summed E-state index contributed by atoms with van der Waals surface area (Å²) in [7, 11) is 0. The first kappa shape index (κ1) is 22.0. The number of carbonyl (C=O) groups is 2. The van der Waals surface area contributed by atoms with Gasteiger partial charge in [0.25, 0.3) is 11.8 Å². The molecule has 0 aliphatic heterocycles. The van der Waals surface area contributed by atoms with Crippen LogP contribution in [-0.4, -0.2) is 24.5 Å². The summed E-state index contributed by atoms with van der Waals surface area (Å²) in [6, 6.07) is 13.9. The fourth-order valence-corrected chi connectivity index (χ4v) is 2.48. The second-order valence-corrected chi connectivity index (χ2v) is 6.84. The van der Waals surface area contributed by atoms with Gasteiger partial charge < -0.3 is 20.5 Å². The minimum atomic E-state index is -0.722. The Hall–Kier alpha value is -3.28. The summed E-state index contributed by atoms with van der Waals surface area (Å²) in [5.41, 5.74) is 6.56. The molecule has 0 fully saturated rings. The minimum Gasteiger partial charge on any atom is -0.494 e. The largest absolute Gasteiger partial charge is 0.494 e. The average molecular weight is 396 g/mol. The summed E-state index contributed by atoms with van der Waals surface area (Å²) in [6.45, 7) is 6.61. The molecule has 2 amide bonds. The SMILES string of the molecule is CCCCOc1ccc(C(=O)NC(=Cc2ccc(OC(C)C)cc2)C(N)=O)cc1. The lowest BCUT2D eigenvalue weighted by Crippen LogP contribution is -2.31. The van der Waals surface area contributed by atoms with Gasteiger partial charge in [0, 0.05) is 5.56 Å². The van der Waals surface area contributed by atoms with Gasteiger partial charge in [-0.15, -0.1) is 0 Å². The van der Waals surface area contributed by atoms with E-state index in [0.717, 1.165) is 24.2 Å². The molecule has 0 saturated heterocycles. The molecule has 0 heterocycles. The first-order valence-corrected chi connectivity index (χ1v) is 9.71. The zero-order chi connectivity index (χ0) is 21.2. The highest BCUT2D eigenvalue weighted by atomic mass is 16.5. The predicted molar refractivity (Wildman–Crippen MR) is 114 cm³/mol. The van der Waals surface area contributed by atoms with Gasteiger partial charge in [-0.05, 0) is 68.3 Å². The van der Waals surface area contributed by atoms with Crippen molar-refractivity contribution >= 4 is 17.9 Å². The Bertz CT molecular complexity index is 840. The van der Waals surface area contributed by atoms with E-state index in [9.17, 15) is 9.59 Å². The molecule has 0 radical (unpaired) electrons. The van der Waals surface area contributed by atoms with Crippen molar-refractivity contribution in [1.29, 1.82) is 0 Å². The number of amides is 2. The first-order chi connectivity index (χ1) is 13.9. The summed E-state index contributed by atoms with van der Waals surface area (Å²) in [5.74, 6) is 0.280. The van der Waals surface area contributed by atoms with E-state index in [-0.39, 0.29) is 11.8 Å². The van der Waals surface area contributed by atoms with E-state index in [0.29, 0.717) is 17.9 Å². The second kappa shape index (κ2) is 10.9. The number of primary amides is 1. The third-order valence-electron chi connectivity index (χ3n) is 3.96.